The molecule has 1 aliphatic heterocycles. The maximum Gasteiger partial charge on any atom is 0.293 e. The van der Waals surface area contributed by atoms with Crippen LogP contribution in [0.2, 0.25) is 0 Å². The van der Waals surface area contributed by atoms with Crippen molar-refractivity contribution in [1.29, 1.82) is 0 Å². The number of rotatable bonds is 3. The Balaban J connectivity index is 1.67. The Morgan fingerprint density at radius 1 is 0.879 bits per heavy atom. The Hall–Kier alpha value is -4.13. The SMILES string of the molecule is CC(=O)C12c3ccccc3C(c3ccccc31)[C@H]1C(=O)N(c3ccccc3[N+](=O)[O-])C(=O)[C@@H]12. The fourth-order valence-electron chi connectivity index (χ4n) is 6.42. The summed E-state index contributed by atoms with van der Waals surface area (Å²) in [5.41, 5.74) is 1.50. The van der Waals surface area contributed by atoms with E-state index in [4.69, 9.17) is 0 Å². The zero-order valence-corrected chi connectivity index (χ0v) is 17.6. The van der Waals surface area contributed by atoms with E-state index in [0.29, 0.717) is 0 Å². The molecular formula is C26H18N2O5. The topological polar surface area (TPSA) is 97.6 Å². The van der Waals surface area contributed by atoms with Crippen molar-refractivity contribution in [2.45, 2.75) is 18.3 Å². The molecule has 2 bridgehead atoms. The van der Waals surface area contributed by atoms with E-state index in [2.05, 4.69) is 0 Å². The molecule has 162 valence electrons. The number of hydrogen-bond donors (Lipinski definition) is 0. The lowest BCUT2D eigenvalue weighted by Crippen LogP contribution is -2.57. The van der Waals surface area contributed by atoms with E-state index in [1.165, 1.54) is 25.1 Å². The van der Waals surface area contributed by atoms with Gasteiger partial charge < -0.3 is 0 Å². The summed E-state index contributed by atoms with van der Waals surface area (Å²) >= 11 is 0. The monoisotopic (exact) mass is 438 g/mol. The Kier molecular flexibility index (Phi) is 3.82. The van der Waals surface area contributed by atoms with Gasteiger partial charge in [0.2, 0.25) is 11.8 Å². The third-order valence-corrected chi connectivity index (χ3v) is 7.49. The van der Waals surface area contributed by atoms with Gasteiger partial charge in [-0.2, -0.15) is 0 Å². The lowest BCUT2D eigenvalue weighted by molar-refractivity contribution is -0.384. The van der Waals surface area contributed by atoms with Gasteiger partial charge in [0, 0.05) is 12.0 Å². The van der Waals surface area contributed by atoms with Gasteiger partial charge in [-0.3, -0.25) is 24.5 Å². The van der Waals surface area contributed by atoms with Crippen LogP contribution in [-0.2, 0) is 19.8 Å². The van der Waals surface area contributed by atoms with Crippen molar-refractivity contribution in [3.63, 3.8) is 0 Å². The molecule has 3 aromatic carbocycles. The predicted octanol–water partition coefficient (Wildman–Crippen LogP) is 3.73. The molecule has 0 aromatic heterocycles. The third-order valence-electron chi connectivity index (χ3n) is 7.49. The van der Waals surface area contributed by atoms with E-state index in [1.54, 1.807) is 6.07 Å². The zero-order chi connectivity index (χ0) is 23.1. The van der Waals surface area contributed by atoms with Gasteiger partial charge in [-0.1, -0.05) is 60.7 Å². The van der Waals surface area contributed by atoms with E-state index in [-0.39, 0.29) is 17.2 Å². The van der Waals surface area contributed by atoms with Crippen LogP contribution < -0.4 is 4.90 Å². The number of amides is 2. The Labute approximate surface area is 188 Å². The highest BCUT2D eigenvalue weighted by Gasteiger charge is 2.70. The van der Waals surface area contributed by atoms with Gasteiger partial charge in [-0.15, -0.1) is 0 Å². The summed E-state index contributed by atoms with van der Waals surface area (Å²) < 4.78 is 0. The number of nitrogens with zero attached hydrogens (tertiary/aromatic N) is 2. The molecule has 0 spiro atoms. The number of nitro benzene ring substituents is 1. The first-order chi connectivity index (χ1) is 15.9. The zero-order valence-electron chi connectivity index (χ0n) is 17.6. The van der Waals surface area contributed by atoms with Crippen LogP contribution in [0, 0.1) is 22.0 Å². The van der Waals surface area contributed by atoms with E-state index in [1.807, 2.05) is 48.5 Å². The second-order valence-electron chi connectivity index (χ2n) is 8.78. The number of Topliss-reactive ketones (excluding diaryl/α,β-unsaturated/α-hetero) is 1. The number of carbonyl (C=O) groups is 3. The van der Waals surface area contributed by atoms with Crippen molar-refractivity contribution in [3.8, 4) is 0 Å². The molecule has 7 heteroatoms. The third kappa shape index (κ3) is 2.16. The number of para-hydroxylation sites is 2. The molecule has 0 N–H and O–H groups in total. The van der Waals surface area contributed by atoms with Gasteiger partial charge in [0.15, 0.2) is 0 Å². The highest BCUT2D eigenvalue weighted by atomic mass is 16.6. The van der Waals surface area contributed by atoms with Gasteiger partial charge in [0.05, 0.1) is 22.2 Å². The number of nitro groups is 1. The van der Waals surface area contributed by atoms with Crippen LogP contribution in [0.25, 0.3) is 0 Å². The smallest absolute Gasteiger partial charge is 0.293 e. The van der Waals surface area contributed by atoms with Crippen LogP contribution in [0.1, 0.15) is 35.1 Å². The largest absolute Gasteiger partial charge is 0.299 e. The first-order valence-corrected chi connectivity index (χ1v) is 10.7. The summed E-state index contributed by atoms with van der Waals surface area (Å²) in [6.07, 6.45) is 0. The van der Waals surface area contributed by atoms with Crippen LogP contribution in [-0.4, -0.2) is 22.5 Å². The molecule has 2 atom stereocenters. The van der Waals surface area contributed by atoms with Crippen LogP contribution in [0.3, 0.4) is 0 Å². The standard InChI is InChI=1S/C26H18N2O5/c1-14(29)26-17-10-4-2-8-15(17)21(16-9-3-5-11-18(16)26)22-23(26)25(31)27(24(22)30)19-12-6-7-13-20(19)28(32)33/h2-13,21-23H,1H3/t21?,22-,23-,26?/m1/s1. The number of ketones is 1. The minimum absolute atomic E-state index is 0.0573. The van der Waals surface area contributed by atoms with Crippen molar-refractivity contribution < 1.29 is 19.3 Å². The molecule has 0 radical (unpaired) electrons. The fraction of sp³-hybridized carbons (Fsp3) is 0.192. The van der Waals surface area contributed by atoms with Gasteiger partial charge in [-0.25, -0.2) is 4.90 Å². The second-order valence-corrected chi connectivity index (χ2v) is 8.78. The maximum atomic E-state index is 14.0. The van der Waals surface area contributed by atoms with Crippen molar-refractivity contribution in [2.24, 2.45) is 11.8 Å². The average molecular weight is 438 g/mol. The van der Waals surface area contributed by atoms with E-state index in [0.717, 1.165) is 27.2 Å². The molecule has 1 heterocycles. The van der Waals surface area contributed by atoms with Crippen molar-refractivity contribution in [3.05, 3.63) is 105 Å². The summed E-state index contributed by atoms with van der Waals surface area (Å²) in [6.45, 7) is 1.46. The Morgan fingerprint density at radius 3 is 2.00 bits per heavy atom. The summed E-state index contributed by atoms with van der Waals surface area (Å²) in [5.74, 6) is -3.47. The molecular weight excluding hydrogens is 420 g/mol. The minimum atomic E-state index is -1.32. The predicted molar refractivity (Wildman–Crippen MR) is 119 cm³/mol. The summed E-state index contributed by atoms with van der Waals surface area (Å²) in [6, 6.07) is 20.7. The summed E-state index contributed by atoms with van der Waals surface area (Å²) in [7, 11) is 0. The second kappa shape index (κ2) is 6.45. The first-order valence-electron chi connectivity index (χ1n) is 10.7. The molecule has 7 nitrogen and oxygen atoms in total. The van der Waals surface area contributed by atoms with E-state index in [9.17, 15) is 24.5 Å². The maximum absolute atomic E-state index is 14.0. The fourth-order valence-corrected chi connectivity index (χ4v) is 6.42. The quantitative estimate of drug-likeness (QED) is 0.353. The normalized spacial score (nSPS) is 26.6. The lowest BCUT2D eigenvalue weighted by atomic mass is 9.46. The van der Waals surface area contributed by atoms with Gasteiger partial charge in [-0.05, 0) is 35.2 Å². The molecule has 0 unspecified atom stereocenters. The van der Waals surface area contributed by atoms with Crippen molar-refractivity contribution >= 4 is 29.0 Å². The minimum Gasteiger partial charge on any atom is -0.299 e. The molecule has 1 fully saturated rings. The van der Waals surface area contributed by atoms with Gasteiger partial charge in [0.1, 0.15) is 11.5 Å². The molecule has 2 amide bonds. The van der Waals surface area contributed by atoms with Gasteiger partial charge >= 0.3 is 0 Å². The molecule has 7 rings (SSSR count). The molecule has 3 aliphatic carbocycles. The van der Waals surface area contributed by atoms with Gasteiger partial charge in [0.25, 0.3) is 5.69 Å². The number of hydrogen-bond acceptors (Lipinski definition) is 5. The average Bonchev–Trinajstić information content (AvgIpc) is 3.09. The van der Waals surface area contributed by atoms with Crippen molar-refractivity contribution in [2.75, 3.05) is 4.90 Å². The van der Waals surface area contributed by atoms with Crippen LogP contribution >= 0.6 is 0 Å². The highest BCUT2D eigenvalue weighted by Crippen LogP contribution is 2.64. The van der Waals surface area contributed by atoms with Crippen molar-refractivity contribution in [1.82, 2.24) is 0 Å². The Morgan fingerprint density at radius 2 is 1.42 bits per heavy atom. The lowest BCUT2D eigenvalue weighted by Gasteiger charge is -2.52. The number of anilines is 1. The van der Waals surface area contributed by atoms with E-state index < -0.39 is 39.9 Å². The van der Waals surface area contributed by atoms with E-state index >= 15 is 0 Å². The Bertz CT molecular complexity index is 1360. The summed E-state index contributed by atoms with van der Waals surface area (Å²) in [4.78, 5) is 53.4. The number of imide groups is 1. The first kappa shape index (κ1) is 19.5. The number of benzene rings is 3. The molecule has 3 aromatic rings. The van der Waals surface area contributed by atoms with Crippen LogP contribution in [0.15, 0.2) is 72.8 Å². The highest BCUT2D eigenvalue weighted by molar-refractivity contribution is 6.26. The number of carbonyl (C=O) groups excluding carboxylic acids is 3. The van der Waals surface area contributed by atoms with Crippen LogP contribution in [0.5, 0.6) is 0 Å². The molecule has 4 aliphatic rings. The molecule has 0 saturated carbocycles. The van der Waals surface area contributed by atoms with Crippen LogP contribution in [0.4, 0.5) is 11.4 Å². The molecule has 33 heavy (non-hydrogen) atoms. The molecule has 1 saturated heterocycles. The summed E-state index contributed by atoms with van der Waals surface area (Å²) in [5, 5.41) is 11.7.